The van der Waals surface area contributed by atoms with Crippen LogP contribution in [0.25, 0.3) is 0 Å². The SMILES string of the molecule is CCCc1nnc(Cl)n1C1C2C3CCC(C3)C21. The van der Waals surface area contributed by atoms with E-state index in [4.69, 9.17) is 11.6 Å². The van der Waals surface area contributed by atoms with Gasteiger partial charge < -0.3 is 0 Å². The maximum atomic E-state index is 6.23. The molecule has 4 unspecified atom stereocenters. The van der Waals surface area contributed by atoms with Crippen molar-refractivity contribution in [2.45, 2.75) is 45.1 Å². The molecule has 0 aliphatic heterocycles. The quantitative estimate of drug-likeness (QED) is 0.827. The number of halogens is 1. The van der Waals surface area contributed by atoms with Crippen LogP contribution in [-0.2, 0) is 6.42 Å². The summed E-state index contributed by atoms with van der Waals surface area (Å²) in [6, 6.07) is 0.644. The average molecular weight is 252 g/mol. The Kier molecular flexibility index (Phi) is 2.11. The van der Waals surface area contributed by atoms with Crippen molar-refractivity contribution in [1.82, 2.24) is 14.8 Å². The third kappa shape index (κ3) is 1.29. The maximum absolute atomic E-state index is 6.23. The molecule has 3 aliphatic rings. The Morgan fingerprint density at radius 2 is 1.94 bits per heavy atom. The van der Waals surface area contributed by atoms with E-state index in [2.05, 4.69) is 21.7 Å². The van der Waals surface area contributed by atoms with Crippen LogP contribution in [-0.4, -0.2) is 14.8 Å². The number of nitrogens with zero attached hydrogens (tertiary/aromatic N) is 3. The van der Waals surface area contributed by atoms with Crippen LogP contribution in [0.3, 0.4) is 0 Å². The van der Waals surface area contributed by atoms with E-state index < -0.39 is 0 Å². The summed E-state index contributed by atoms with van der Waals surface area (Å²) in [5.74, 6) is 4.86. The minimum Gasteiger partial charge on any atom is -0.298 e. The molecule has 3 fully saturated rings. The van der Waals surface area contributed by atoms with Crippen LogP contribution in [0.2, 0.25) is 5.28 Å². The summed E-state index contributed by atoms with van der Waals surface area (Å²) in [6.07, 6.45) is 6.50. The maximum Gasteiger partial charge on any atom is 0.225 e. The zero-order valence-electron chi connectivity index (χ0n) is 10.1. The van der Waals surface area contributed by atoms with Crippen molar-refractivity contribution in [3.05, 3.63) is 11.1 Å². The molecule has 2 bridgehead atoms. The first kappa shape index (κ1) is 10.4. The van der Waals surface area contributed by atoms with E-state index >= 15 is 0 Å². The molecule has 1 heterocycles. The monoisotopic (exact) mass is 251 g/mol. The molecule has 4 atom stereocenters. The van der Waals surface area contributed by atoms with Crippen LogP contribution in [0.4, 0.5) is 0 Å². The number of fused-ring (bicyclic) bond motifs is 5. The molecular formula is C13H18ClN3. The fourth-order valence-corrected chi connectivity index (χ4v) is 4.86. The molecule has 0 N–H and O–H groups in total. The molecule has 3 saturated carbocycles. The van der Waals surface area contributed by atoms with E-state index in [1.807, 2.05) is 0 Å². The highest BCUT2D eigenvalue weighted by atomic mass is 35.5. The normalized spacial score (nSPS) is 41.9. The average Bonchev–Trinajstić information content (AvgIpc) is 2.68. The van der Waals surface area contributed by atoms with Gasteiger partial charge in [0, 0.05) is 12.5 Å². The first-order valence-electron chi connectivity index (χ1n) is 6.90. The minimum atomic E-state index is 0.618. The Balaban J connectivity index is 1.66. The van der Waals surface area contributed by atoms with Crippen LogP contribution in [0.1, 0.15) is 44.5 Å². The summed E-state index contributed by atoms with van der Waals surface area (Å²) < 4.78 is 2.25. The van der Waals surface area contributed by atoms with E-state index in [1.54, 1.807) is 0 Å². The van der Waals surface area contributed by atoms with Crippen LogP contribution in [0.15, 0.2) is 0 Å². The van der Waals surface area contributed by atoms with Gasteiger partial charge in [-0.15, -0.1) is 10.2 Å². The number of rotatable bonds is 3. The van der Waals surface area contributed by atoms with Crippen LogP contribution in [0.5, 0.6) is 0 Å². The highest BCUT2D eigenvalue weighted by Gasteiger charge is 2.66. The Bertz CT molecular complexity index is 440. The van der Waals surface area contributed by atoms with Gasteiger partial charge in [0.1, 0.15) is 5.82 Å². The predicted molar refractivity (Wildman–Crippen MR) is 65.9 cm³/mol. The number of hydrogen-bond acceptors (Lipinski definition) is 2. The van der Waals surface area contributed by atoms with E-state index in [0.717, 1.165) is 42.3 Å². The summed E-state index contributed by atoms with van der Waals surface area (Å²) in [4.78, 5) is 0. The lowest BCUT2D eigenvalue weighted by Crippen LogP contribution is -2.09. The molecule has 3 aliphatic carbocycles. The highest BCUT2D eigenvalue weighted by molar-refractivity contribution is 6.28. The van der Waals surface area contributed by atoms with E-state index in [1.165, 1.54) is 19.3 Å². The van der Waals surface area contributed by atoms with Gasteiger partial charge in [-0.3, -0.25) is 4.57 Å². The van der Waals surface area contributed by atoms with Crippen molar-refractivity contribution in [1.29, 1.82) is 0 Å². The van der Waals surface area contributed by atoms with Crippen molar-refractivity contribution in [3.63, 3.8) is 0 Å². The van der Waals surface area contributed by atoms with Gasteiger partial charge in [0.15, 0.2) is 0 Å². The summed E-state index contributed by atoms with van der Waals surface area (Å²) in [5.41, 5.74) is 0. The van der Waals surface area contributed by atoms with Crippen molar-refractivity contribution in [2.24, 2.45) is 23.7 Å². The van der Waals surface area contributed by atoms with E-state index in [-0.39, 0.29) is 0 Å². The second-order valence-corrected chi connectivity index (χ2v) is 6.32. The largest absolute Gasteiger partial charge is 0.298 e. The Labute approximate surface area is 107 Å². The van der Waals surface area contributed by atoms with Gasteiger partial charge in [-0.2, -0.15) is 0 Å². The lowest BCUT2D eigenvalue weighted by Gasteiger charge is -2.12. The molecule has 0 spiro atoms. The number of aromatic nitrogens is 3. The predicted octanol–water partition coefficient (Wildman–Crippen LogP) is 3.10. The lowest BCUT2D eigenvalue weighted by molar-refractivity contribution is 0.445. The van der Waals surface area contributed by atoms with Gasteiger partial charge in [-0.05, 0) is 61.0 Å². The second kappa shape index (κ2) is 3.47. The Morgan fingerprint density at radius 3 is 2.59 bits per heavy atom. The van der Waals surface area contributed by atoms with Gasteiger partial charge >= 0.3 is 0 Å². The van der Waals surface area contributed by atoms with Gasteiger partial charge in [0.25, 0.3) is 0 Å². The van der Waals surface area contributed by atoms with Gasteiger partial charge in [-0.1, -0.05) is 6.92 Å². The lowest BCUT2D eigenvalue weighted by atomic mass is 10.0. The third-order valence-electron chi connectivity index (χ3n) is 5.19. The van der Waals surface area contributed by atoms with Gasteiger partial charge in [0.2, 0.25) is 5.28 Å². The van der Waals surface area contributed by atoms with Crippen LogP contribution in [0, 0.1) is 23.7 Å². The van der Waals surface area contributed by atoms with Crippen LogP contribution >= 0.6 is 11.6 Å². The minimum absolute atomic E-state index is 0.618. The molecule has 4 heteroatoms. The number of hydrogen-bond donors (Lipinski definition) is 0. The molecular weight excluding hydrogens is 234 g/mol. The summed E-state index contributed by atoms with van der Waals surface area (Å²) in [5, 5.41) is 8.94. The zero-order chi connectivity index (χ0) is 11.6. The fraction of sp³-hybridized carbons (Fsp3) is 0.846. The van der Waals surface area contributed by atoms with Gasteiger partial charge in [-0.25, -0.2) is 0 Å². The Morgan fingerprint density at radius 1 is 1.24 bits per heavy atom. The molecule has 4 rings (SSSR count). The van der Waals surface area contributed by atoms with E-state index in [0.29, 0.717) is 11.3 Å². The topological polar surface area (TPSA) is 30.7 Å². The summed E-state index contributed by atoms with van der Waals surface area (Å²) in [7, 11) is 0. The molecule has 17 heavy (non-hydrogen) atoms. The zero-order valence-corrected chi connectivity index (χ0v) is 10.9. The summed E-state index contributed by atoms with van der Waals surface area (Å²) in [6.45, 7) is 2.18. The molecule has 3 nitrogen and oxygen atoms in total. The first-order valence-corrected chi connectivity index (χ1v) is 7.28. The van der Waals surface area contributed by atoms with Crippen molar-refractivity contribution in [2.75, 3.05) is 0 Å². The van der Waals surface area contributed by atoms with Crippen LogP contribution < -0.4 is 0 Å². The second-order valence-electron chi connectivity index (χ2n) is 5.98. The summed E-state index contributed by atoms with van der Waals surface area (Å²) >= 11 is 6.23. The molecule has 92 valence electrons. The molecule has 0 radical (unpaired) electrons. The smallest absolute Gasteiger partial charge is 0.225 e. The third-order valence-corrected chi connectivity index (χ3v) is 5.45. The van der Waals surface area contributed by atoms with Gasteiger partial charge in [0.05, 0.1) is 0 Å². The first-order chi connectivity index (χ1) is 8.31. The van der Waals surface area contributed by atoms with E-state index in [9.17, 15) is 0 Å². The standard InChI is InChI=1S/C13H18ClN3/c1-2-3-9-15-16-13(14)17(9)12-10-7-4-5-8(6-7)11(10)12/h7-8,10-12H,2-6H2,1H3. The molecule has 0 amide bonds. The van der Waals surface area contributed by atoms with Crippen molar-refractivity contribution in [3.8, 4) is 0 Å². The Hall–Kier alpha value is -0.570. The number of aryl methyl sites for hydroxylation is 1. The molecule has 0 aromatic carbocycles. The molecule has 1 aromatic rings. The fourth-order valence-electron chi connectivity index (χ4n) is 4.61. The van der Waals surface area contributed by atoms with Crippen molar-refractivity contribution < 1.29 is 0 Å². The highest BCUT2D eigenvalue weighted by Crippen LogP contribution is 2.71. The van der Waals surface area contributed by atoms with Crippen molar-refractivity contribution >= 4 is 11.6 Å². The molecule has 0 saturated heterocycles. The molecule has 1 aromatic heterocycles.